The number of nitrogens with one attached hydrogen (secondary N) is 2. The molecule has 2 aromatic carbocycles. The number of nitrogens with two attached hydrogens (primary N) is 1. The van der Waals surface area contributed by atoms with E-state index >= 15 is 0 Å². The van der Waals surface area contributed by atoms with Crippen LogP contribution in [0.4, 0.5) is 13.2 Å². The molecule has 1 aliphatic heterocycles. The topological polar surface area (TPSA) is 151 Å². The molecule has 2 aromatic rings. The summed E-state index contributed by atoms with van der Waals surface area (Å²) >= 11 is 1.29. The number of hydrogen-bond acceptors (Lipinski definition) is 7. The molecule has 3 rings (SSSR count). The van der Waals surface area contributed by atoms with Crippen molar-refractivity contribution in [1.82, 2.24) is 15.5 Å². The normalized spacial score (nSPS) is 16.4. The quantitative estimate of drug-likeness (QED) is 0.220. The summed E-state index contributed by atoms with van der Waals surface area (Å²) in [6, 6.07) is 5.93. The van der Waals surface area contributed by atoms with E-state index in [0.29, 0.717) is 24.1 Å². The summed E-state index contributed by atoms with van der Waals surface area (Å²) in [7, 11) is 0. The van der Waals surface area contributed by atoms with Gasteiger partial charge in [-0.1, -0.05) is 39.8 Å². The van der Waals surface area contributed by atoms with Crippen molar-refractivity contribution in [3.8, 4) is 5.75 Å². The zero-order valence-corrected chi connectivity index (χ0v) is 27.6. The molecule has 1 heterocycles. The second kappa shape index (κ2) is 17.4. The largest absolute Gasteiger partial charge is 0.480 e. The Balaban J connectivity index is 0.00000736. The molecule has 10 nitrogen and oxygen atoms in total. The third kappa shape index (κ3) is 10.5. The van der Waals surface area contributed by atoms with E-state index in [1.807, 2.05) is 0 Å². The van der Waals surface area contributed by atoms with Gasteiger partial charge in [-0.25, -0.2) is 18.0 Å². The Morgan fingerprint density at radius 2 is 1.65 bits per heavy atom. The molecule has 0 bridgehead atoms. The second-order valence-electron chi connectivity index (χ2n) is 11.5. The molecule has 5 N–H and O–H groups in total. The van der Waals surface area contributed by atoms with Crippen LogP contribution in [0.5, 0.6) is 5.75 Å². The van der Waals surface area contributed by atoms with Crippen molar-refractivity contribution in [2.24, 2.45) is 17.6 Å². The van der Waals surface area contributed by atoms with Crippen LogP contribution < -0.4 is 21.1 Å². The first-order valence-electron chi connectivity index (χ1n) is 14.5. The molecule has 1 saturated heterocycles. The number of aliphatic carboxylic acids is 1. The van der Waals surface area contributed by atoms with Crippen LogP contribution >= 0.6 is 24.2 Å². The second-order valence-corrected chi connectivity index (χ2v) is 12.7. The fourth-order valence-electron chi connectivity index (χ4n) is 4.71. The number of carbonyl (C=O) groups excluding carboxylic acids is 3. The first-order valence-corrected chi connectivity index (χ1v) is 15.6. The van der Waals surface area contributed by atoms with Gasteiger partial charge in [0.25, 0.3) is 11.8 Å². The molecule has 3 unspecified atom stereocenters. The van der Waals surface area contributed by atoms with Gasteiger partial charge in [0, 0.05) is 37.4 Å². The van der Waals surface area contributed by atoms with Gasteiger partial charge in [0.1, 0.15) is 17.6 Å². The highest BCUT2D eigenvalue weighted by molar-refractivity contribution is 8.00. The van der Waals surface area contributed by atoms with Crippen LogP contribution in [0, 0.1) is 29.3 Å². The maximum Gasteiger partial charge on any atom is 0.326 e. The standard InChI is InChI=1S/C31H39F3N4O6S.ClH/c1-16(2)26(31(42)43)37-28(40)27(17(3)4)44-21-7-5-18(6-8-21)15-36-29(41)30-38(9-10-45-30)25(39)13-20(35)11-19-12-23(33)24(34)14-22(19)32;/h5-8,12,14,16-17,20,26-27,30H,9-11,13,15,35H2,1-4H3,(H,36,41)(H,37,40)(H,42,43);1H/t20-,26?,27?,30?;/m1./s1. The Labute approximate surface area is 276 Å². The van der Waals surface area contributed by atoms with Crippen molar-refractivity contribution < 1.29 is 42.2 Å². The van der Waals surface area contributed by atoms with Gasteiger partial charge in [-0.05, 0) is 47.6 Å². The number of halogens is 4. The average molecular weight is 689 g/mol. The molecular formula is C31H40ClF3N4O6S. The van der Waals surface area contributed by atoms with Gasteiger partial charge in [-0.3, -0.25) is 14.4 Å². The molecule has 3 amide bonds. The maximum atomic E-state index is 14.0. The van der Waals surface area contributed by atoms with Gasteiger partial charge in [0.05, 0.1) is 0 Å². The Bertz CT molecular complexity index is 1380. The molecule has 46 heavy (non-hydrogen) atoms. The Morgan fingerprint density at radius 1 is 1.02 bits per heavy atom. The van der Waals surface area contributed by atoms with E-state index in [1.54, 1.807) is 52.0 Å². The van der Waals surface area contributed by atoms with E-state index in [1.165, 1.54) is 16.7 Å². The minimum absolute atomic E-state index is 0. The van der Waals surface area contributed by atoms with Gasteiger partial charge in [0.15, 0.2) is 23.1 Å². The smallest absolute Gasteiger partial charge is 0.326 e. The lowest BCUT2D eigenvalue weighted by molar-refractivity contribution is -0.144. The van der Waals surface area contributed by atoms with Crippen LogP contribution in [0.1, 0.15) is 45.2 Å². The zero-order chi connectivity index (χ0) is 33.4. The molecular weight excluding hydrogens is 649 g/mol. The minimum atomic E-state index is -1.31. The lowest BCUT2D eigenvalue weighted by atomic mass is 10.0. The molecule has 0 spiro atoms. The molecule has 4 atom stereocenters. The number of carboxylic acids is 1. The predicted octanol–water partition coefficient (Wildman–Crippen LogP) is 3.63. The van der Waals surface area contributed by atoms with Gasteiger partial charge in [0.2, 0.25) is 5.91 Å². The lowest BCUT2D eigenvalue weighted by Crippen LogP contribution is -2.51. The zero-order valence-electron chi connectivity index (χ0n) is 25.9. The summed E-state index contributed by atoms with van der Waals surface area (Å²) in [5.74, 6) is -5.59. The number of thioether (sulfide) groups is 1. The number of carboxylic acid groups (broad SMARTS) is 1. The summed E-state index contributed by atoms with van der Waals surface area (Å²) < 4.78 is 46.6. The molecule has 0 saturated carbocycles. The van der Waals surface area contributed by atoms with Crippen molar-refractivity contribution >= 4 is 47.9 Å². The SMILES string of the molecule is CC(C)C(NC(=O)C(Oc1ccc(CNC(=O)C2SCCN2C(=O)C[C@H](N)Cc2cc(F)c(F)cc2F)cc1)C(C)C)C(=O)O.Cl. The highest BCUT2D eigenvalue weighted by atomic mass is 35.5. The predicted molar refractivity (Wildman–Crippen MR) is 170 cm³/mol. The molecule has 15 heteroatoms. The van der Waals surface area contributed by atoms with Gasteiger partial charge in [-0.15, -0.1) is 24.2 Å². The van der Waals surface area contributed by atoms with E-state index in [4.69, 9.17) is 10.5 Å². The average Bonchev–Trinajstić information content (AvgIpc) is 3.46. The number of carbonyl (C=O) groups is 4. The van der Waals surface area contributed by atoms with Crippen LogP contribution in [0.25, 0.3) is 0 Å². The number of hydrogen-bond donors (Lipinski definition) is 4. The minimum Gasteiger partial charge on any atom is -0.480 e. The lowest BCUT2D eigenvalue weighted by Gasteiger charge is -2.25. The molecule has 0 aromatic heterocycles. The maximum absolute atomic E-state index is 14.0. The van der Waals surface area contributed by atoms with Crippen LogP contribution in [0.15, 0.2) is 36.4 Å². The third-order valence-electron chi connectivity index (χ3n) is 7.19. The third-order valence-corrected chi connectivity index (χ3v) is 8.39. The van der Waals surface area contributed by atoms with E-state index in [2.05, 4.69) is 10.6 Å². The fourth-order valence-corrected chi connectivity index (χ4v) is 5.87. The highest BCUT2D eigenvalue weighted by Crippen LogP contribution is 2.26. The monoisotopic (exact) mass is 688 g/mol. The van der Waals surface area contributed by atoms with Crippen LogP contribution in [0.2, 0.25) is 0 Å². The summed E-state index contributed by atoms with van der Waals surface area (Å²) in [5.41, 5.74) is 6.60. The number of rotatable bonds is 14. The van der Waals surface area contributed by atoms with Gasteiger partial charge >= 0.3 is 5.97 Å². The Hall–Kier alpha value is -3.49. The van der Waals surface area contributed by atoms with Crippen molar-refractivity contribution in [3.63, 3.8) is 0 Å². The molecule has 1 fully saturated rings. The summed E-state index contributed by atoms with van der Waals surface area (Å²) in [4.78, 5) is 51.6. The van der Waals surface area contributed by atoms with Crippen molar-refractivity contribution in [2.45, 2.75) is 70.6 Å². The Morgan fingerprint density at radius 3 is 2.24 bits per heavy atom. The first-order chi connectivity index (χ1) is 21.2. The van der Waals surface area contributed by atoms with E-state index in [0.717, 1.165) is 11.6 Å². The highest BCUT2D eigenvalue weighted by Gasteiger charge is 2.35. The van der Waals surface area contributed by atoms with Crippen LogP contribution in [-0.2, 0) is 32.1 Å². The van der Waals surface area contributed by atoms with Gasteiger partial charge < -0.3 is 31.1 Å². The van der Waals surface area contributed by atoms with Crippen LogP contribution in [0.3, 0.4) is 0 Å². The summed E-state index contributed by atoms with van der Waals surface area (Å²) in [5, 5.41) is 13.9. The number of ether oxygens (including phenoxy) is 1. The van der Waals surface area contributed by atoms with Crippen molar-refractivity contribution in [3.05, 3.63) is 65.0 Å². The molecule has 254 valence electrons. The number of nitrogens with zero attached hydrogens (tertiary/aromatic N) is 1. The molecule has 1 aliphatic rings. The fraction of sp³-hybridized carbons (Fsp3) is 0.484. The van der Waals surface area contributed by atoms with Gasteiger partial charge in [-0.2, -0.15) is 0 Å². The molecule has 0 radical (unpaired) electrons. The number of amides is 3. The number of benzene rings is 2. The van der Waals surface area contributed by atoms with E-state index < -0.39 is 58.8 Å². The van der Waals surface area contributed by atoms with E-state index in [9.17, 15) is 37.5 Å². The van der Waals surface area contributed by atoms with E-state index in [-0.39, 0.29) is 55.1 Å². The summed E-state index contributed by atoms with van der Waals surface area (Å²) in [6.07, 6.45) is -1.33. The van der Waals surface area contributed by atoms with Crippen molar-refractivity contribution in [1.29, 1.82) is 0 Å². The first kappa shape index (κ1) is 38.7. The van der Waals surface area contributed by atoms with Crippen molar-refractivity contribution in [2.75, 3.05) is 12.3 Å². The molecule has 0 aliphatic carbocycles. The summed E-state index contributed by atoms with van der Waals surface area (Å²) in [6.45, 7) is 7.43. The van der Waals surface area contributed by atoms with Crippen LogP contribution in [-0.4, -0.2) is 69.6 Å². The Kier molecular flexibility index (Phi) is 14.7.